The first kappa shape index (κ1) is 23.8. The number of allylic oxidation sites excluding steroid dienone is 1. The van der Waals surface area contributed by atoms with Crippen molar-refractivity contribution in [2.45, 2.75) is 32.5 Å². The van der Waals surface area contributed by atoms with Gasteiger partial charge in [-0.1, -0.05) is 6.07 Å². The quantitative estimate of drug-likeness (QED) is 0.516. The van der Waals surface area contributed by atoms with Crippen molar-refractivity contribution in [3.8, 4) is 11.1 Å². The standard InChI is InChI=1S/C20H19F5N4O2/c1-19(2,3)31-18(30)28-15(9-26)17(20(23,24)25)29-16-13(7-12(21)8-14(16)22)11-5-4-6-27-10-11/h4-10H,26H2,1-3H3,(H,28,30). The van der Waals surface area contributed by atoms with Gasteiger partial charge in [-0.25, -0.2) is 18.6 Å². The van der Waals surface area contributed by atoms with Gasteiger partial charge < -0.3 is 10.5 Å². The van der Waals surface area contributed by atoms with Crippen molar-refractivity contribution in [1.29, 1.82) is 0 Å². The molecular weight excluding hydrogens is 423 g/mol. The molecule has 0 aliphatic rings. The van der Waals surface area contributed by atoms with E-state index < -0.39 is 46.6 Å². The second-order valence-corrected chi connectivity index (χ2v) is 7.19. The molecule has 2 rings (SSSR count). The first-order valence-corrected chi connectivity index (χ1v) is 8.79. The first-order valence-electron chi connectivity index (χ1n) is 8.79. The molecule has 0 fully saturated rings. The normalized spacial score (nSPS) is 13.2. The topological polar surface area (TPSA) is 89.6 Å². The lowest BCUT2D eigenvalue weighted by Crippen LogP contribution is -2.38. The van der Waals surface area contributed by atoms with Crippen molar-refractivity contribution in [1.82, 2.24) is 10.3 Å². The van der Waals surface area contributed by atoms with Crippen LogP contribution in [-0.2, 0) is 4.74 Å². The van der Waals surface area contributed by atoms with Gasteiger partial charge in [0.25, 0.3) is 0 Å². The van der Waals surface area contributed by atoms with E-state index in [9.17, 15) is 26.7 Å². The largest absolute Gasteiger partial charge is 0.444 e. The number of halogens is 5. The van der Waals surface area contributed by atoms with Gasteiger partial charge in [-0.3, -0.25) is 10.3 Å². The smallest absolute Gasteiger partial charge is 0.435 e. The summed E-state index contributed by atoms with van der Waals surface area (Å²) in [4.78, 5) is 19.1. The number of aliphatic imine (C=N–C) groups is 1. The summed E-state index contributed by atoms with van der Waals surface area (Å²) in [6.45, 7) is 4.52. The molecule has 166 valence electrons. The Morgan fingerprint density at radius 2 is 1.90 bits per heavy atom. The number of pyridine rings is 1. The van der Waals surface area contributed by atoms with E-state index in [0.29, 0.717) is 12.3 Å². The Morgan fingerprint density at radius 3 is 2.42 bits per heavy atom. The van der Waals surface area contributed by atoms with Crippen LogP contribution in [-0.4, -0.2) is 28.6 Å². The summed E-state index contributed by atoms with van der Waals surface area (Å²) in [5, 5.41) is 1.86. The molecule has 3 N–H and O–H groups in total. The molecule has 1 heterocycles. The summed E-state index contributed by atoms with van der Waals surface area (Å²) in [6.07, 6.45) is -3.36. The highest BCUT2D eigenvalue weighted by atomic mass is 19.4. The molecule has 1 aromatic carbocycles. The van der Waals surface area contributed by atoms with Gasteiger partial charge in [0.15, 0.2) is 11.5 Å². The number of hydrogen-bond acceptors (Lipinski definition) is 5. The van der Waals surface area contributed by atoms with Crippen LogP contribution < -0.4 is 11.1 Å². The van der Waals surface area contributed by atoms with E-state index in [1.54, 1.807) is 0 Å². The number of ether oxygens (including phenoxy) is 1. The van der Waals surface area contributed by atoms with E-state index >= 15 is 0 Å². The lowest BCUT2D eigenvalue weighted by molar-refractivity contribution is -0.0584. The lowest BCUT2D eigenvalue weighted by Gasteiger charge is -2.21. The average molecular weight is 442 g/mol. The fraction of sp³-hybridized carbons (Fsp3) is 0.250. The Balaban J connectivity index is 2.63. The highest BCUT2D eigenvalue weighted by Crippen LogP contribution is 2.35. The average Bonchev–Trinajstić information content (AvgIpc) is 2.63. The molecule has 2 aromatic rings. The van der Waals surface area contributed by atoms with Gasteiger partial charge in [0.1, 0.15) is 17.1 Å². The van der Waals surface area contributed by atoms with Crippen molar-refractivity contribution in [2.75, 3.05) is 0 Å². The fourth-order valence-corrected chi connectivity index (χ4v) is 2.40. The summed E-state index contributed by atoms with van der Waals surface area (Å²) in [5.41, 5.74) is 0.620. The number of nitrogens with zero attached hydrogens (tertiary/aromatic N) is 2. The molecule has 31 heavy (non-hydrogen) atoms. The number of carbonyl (C=O) groups excluding carboxylic acids is 1. The van der Waals surface area contributed by atoms with Gasteiger partial charge in [-0.15, -0.1) is 0 Å². The van der Waals surface area contributed by atoms with Gasteiger partial charge in [-0.05, 0) is 32.9 Å². The van der Waals surface area contributed by atoms with E-state index in [-0.39, 0.29) is 11.1 Å². The number of aromatic nitrogens is 1. The van der Waals surface area contributed by atoms with E-state index in [1.165, 1.54) is 45.3 Å². The van der Waals surface area contributed by atoms with Crippen molar-refractivity contribution in [2.24, 2.45) is 10.7 Å². The molecule has 0 bridgehead atoms. The summed E-state index contributed by atoms with van der Waals surface area (Å²) >= 11 is 0. The van der Waals surface area contributed by atoms with Crippen LogP contribution in [0.2, 0.25) is 0 Å². The monoisotopic (exact) mass is 442 g/mol. The van der Waals surface area contributed by atoms with Crippen molar-refractivity contribution in [3.05, 3.63) is 60.2 Å². The van der Waals surface area contributed by atoms with E-state index in [2.05, 4.69) is 9.98 Å². The lowest BCUT2D eigenvalue weighted by atomic mass is 10.0. The van der Waals surface area contributed by atoms with Crippen LogP contribution in [0.4, 0.5) is 32.4 Å². The molecule has 0 aliphatic carbocycles. The molecule has 0 aliphatic heterocycles. The van der Waals surface area contributed by atoms with Gasteiger partial charge in [-0.2, -0.15) is 13.2 Å². The summed E-state index contributed by atoms with van der Waals surface area (Å²) in [6, 6.07) is 4.04. The van der Waals surface area contributed by atoms with Gasteiger partial charge in [0.2, 0.25) is 0 Å². The Bertz CT molecular complexity index is 1010. The molecule has 0 atom stereocenters. The van der Waals surface area contributed by atoms with E-state index in [4.69, 9.17) is 10.5 Å². The number of rotatable bonds is 4. The number of carbonyl (C=O) groups is 1. The zero-order valence-corrected chi connectivity index (χ0v) is 16.7. The minimum Gasteiger partial charge on any atom is -0.444 e. The third-order valence-electron chi connectivity index (χ3n) is 3.55. The van der Waals surface area contributed by atoms with Gasteiger partial charge >= 0.3 is 12.3 Å². The number of alkyl halides is 3. The van der Waals surface area contributed by atoms with Crippen LogP contribution in [0.15, 0.2) is 53.5 Å². The minimum atomic E-state index is -5.16. The van der Waals surface area contributed by atoms with Crippen LogP contribution >= 0.6 is 0 Å². The number of hydrogen-bond donors (Lipinski definition) is 2. The Hall–Kier alpha value is -3.50. The molecule has 1 aromatic heterocycles. The molecule has 0 unspecified atom stereocenters. The van der Waals surface area contributed by atoms with E-state index in [1.807, 2.05) is 5.32 Å². The third kappa shape index (κ3) is 6.49. The first-order chi connectivity index (χ1) is 14.3. The van der Waals surface area contributed by atoms with Gasteiger partial charge in [0, 0.05) is 35.8 Å². The molecule has 6 nitrogen and oxygen atoms in total. The molecule has 0 spiro atoms. The number of nitrogens with one attached hydrogen (secondary N) is 1. The van der Waals surface area contributed by atoms with Crippen LogP contribution in [0.3, 0.4) is 0 Å². The maximum Gasteiger partial charge on any atom is 0.435 e. The van der Waals surface area contributed by atoms with E-state index in [0.717, 1.165) is 6.07 Å². The number of benzene rings is 1. The molecule has 11 heteroatoms. The Labute approximate surface area is 174 Å². The maximum absolute atomic E-state index is 14.5. The van der Waals surface area contributed by atoms with Gasteiger partial charge in [0.05, 0.1) is 5.70 Å². The van der Waals surface area contributed by atoms with Crippen LogP contribution in [0.5, 0.6) is 0 Å². The van der Waals surface area contributed by atoms with Crippen LogP contribution in [0.1, 0.15) is 20.8 Å². The zero-order chi connectivity index (χ0) is 23.4. The fourth-order valence-electron chi connectivity index (χ4n) is 2.40. The molecule has 0 saturated heterocycles. The predicted molar refractivity (Wildman–Crippen MR) is 104 cm³/mol. The highest BCUT2D eigenvalue weighted by molar-refractivity contribution is 6.07. The SMILES string of the molecule is CC(C)(C)OC(=O)NC(=CN)C(=Nc1c(F)cc(F)cc1-c1cccnc1)C(F)(F)F. The molecule has 1 amide bonds. The molecule has 0 radical (unpaired) electrons. The highest BCUT2D eigenvalue weighted by Gasteiger charge is 2.40. The summed E-state index contributed by atoms with van der Waals surface area (Å²) in [5.74, 6) is -2.38. The number of nitrogens with two attached hydrogens (primary N) is 1. The second kappa shape index (κ2) is 9.11. The second-order valence-electron chi connectivity index (χ2n) is 7.19. The number of amides is 1. The maximum atomic E-state index is 14.5. The molecular formula is C20H19F5N4O2. The molecule has 0 saturated carbocycles. The van der Waals surface area contributed by atoms with Crippen molar-refractivity contribution < 1.29 is 31.5 Å². The number of alkyl carbamates (subject to hydrolysis) is 1. The third-order valence-corrected chi connectivity index (χ3v) is 3.55. The summed E-state index contributed by atoms with van der Waals surface area (Å²) in [7, 11) is 0. The Kier molecular flexibility index (Phi) is 6.98. The Morgan fingerprint density at radius 1 is 1.23 bits per heavy atom. The van der Waals surface area contributed by atoms with Crippen LogP contribution in [0, 0.1) is 11.6 Å². The zero-order valence-electron chi connectivity index (χ0n) is 16.7. The van der Waals surface area contributed by atoms with Crippen molar-refractivity contribution >= 4 is 17.5 Å². The predicted octanol–water partition coefficient (Wildman–Crippen LogP) is 4.99. The van der Waals surface area contributed by atoms with Crippen molar-refractivity contribution in [3.63, 3.8) is 0 Å². The van der Waals surface area contributed by atoms with Crippen LogP contribution in [0.25, 0.3) is 11.1 Å². The summed E-state index contributed by atoms with van der Waals surface area (Å²) < 4.78 is 74.4. The minimum absolute atomic E-state index is 0.125.